The molecule has 0 aliphatic heterocycles. The van der Waals surface area contributed by atoms with Crippen molar-refractivity contribution < 1.29 is 13.2 Å². The molecule has 22 heavy (non-hydrogen) atoms. The van der Waals surface area contributed by atoms with Crippen molar-refractivity contribution in [3.8, 4) is 0 Å². The molecule has 1 heterocycles. The second-order valence-corrected chi connectivity index (χ2v) is 7.31. The molecule has 1 aromatic carbocycles. The van der Waals surface area contributed by atoms with E-state index in [-0.39, 0.29) is 23.2 Å². The van der Waals surface area contributed by atoms with Crippen LogP contribution in [-0.2, 0) is 9.84 Å². The first kappa shape index (κ1) is 18.1. The normalized spacial score (nSPS) is 10.9. The number of amides is 1. The van der Waals surface area contributed by atoms with Crippen molar-refractivity contribution >= 4 is 33.8 Å². The average molecular weight is 341 g/mol. The highest BCUT2D eigenvalue weighted by Gasteiger charge is 2.18. The molecule has 1 aromatic heterocycles. The molecule has 1 N–H and O–H groups in total. The highest BCUT2D eigenvalue weighted by molar-refractivity contribution is 7.92. The van der Waals surface area contributed by atoms with E-state index in [1.165, 1.54) is 24.5 Å². The van der Waals surface area contributed by atoms with Crippen LogP contribution >= 0.6 is 12.4 Å². The van der Waals surface area contributed by atoms with Crippen LogP contribution in [0.3, 0.4) is 0 Å². The van der Waals surface area contributed by atoms with Gasteiger partial charge in [0, 0.05) is 23.6 Å². The Morgan fingerprint density at radius 1 is 1.05 bits per heavy atom. The van der Waals surface area contributed by atoms with Gasteiger partial charge in [-0.1, -0.05) is 0 Å². The van der Waals surface area contributed by atoms with Gasteiger partial charge in [-0.2, -0.15) is 0 Å². The molecule has 0 atom stereocenters. The highest BCUT2D eigenvalue weighted by atomic mass is 35.5. The summed E-state index contributed by atoms with van der Waals surface area (Å²) in [5.74, 6) is -0.267. The number of carbonyl (C=O) groups excluding carboxylic acids is 1. The third-order valence-corrected chi connectivity index (χ3v) is 5.17. The monoisotopic (exact) mass is 340 g/mol. The SMILES string of the molecule is CC(C)S(=O)(=O)c1ccc(NC(=O)c2ccncc2)cc1.Cl. The van der Waals surface area contributed by atoms with E-state index < -0.39 is 15.1 Å². The Morgan fingerprint density at radius 3 is 2.09 bits per heavy atom. The van der Waals surface area contributed by atoms with E-state index in [0.717, 1.165) is 0 Å². The molecule has 2 rings (SSSR count). The molecule has 7 heteroatoms. The number of rotatable bonds is 4. The fourth-order valence-electron chi connectivity index (χ4n) is 1.71. The zero-order valence-corrected chi connectivity index (χ0v) is 13.8. The Bertz CT molecular complexity index is 729. The molecule has 0 fully saturated rings. The molecule has 2 aromatic rings. The Hall–Kier alpha value is -1.92. The molecule has 0 saturated heterocycles. The fraction of sp³-hybridized carbons (Fsp3) is 0.200. The van der Waals surface area contributed by atoms with Crippen LogP contribution in [0.2, 0.25) is 0 Å². The average Bonchev–Trinajstić information content (AvgIpc) is 2.48. The van der Waals surface area contributed by atoms with Gasteiger partial charge < -0.3 is 5.32 Å². The lowest BCUT2D eigenvalue weighted by atomic mass is 10.2. The Kier molecular flexibility index (Phi) is 6.08. The maximum Gasteiger partial charge on any atom is 0.255 e. The van der Waals surface area contributed by atoms with Gasteiger partial charge in [0.25, 0.3) is 5.91 Å². The van der Waals surface area contributed by atoms with Crippen molar-refractivity contribution in [3.05, 3.63) is 54.4 Å². The summed E-state index contributed by atoms with van der Waals surface area (Å²) in [6, 6.07) is 9.36. The summed E-state index contributed by atoms with van der Waals surface area (Å²) in [6.45, 7) is 3.27. The van der Waals surface area contributed by atoms with E-state index >= 15 is 0 Å². The van der Waals surface area contributed by atoms with Crippen LogP contribution in [-0.4, -0.2) is 24.6 Å². The van der Waals surface area contributed by atoms with Gasteiger partial charge in [-0.05, 0) is 50.2 Å². The molecular weight excluding hydrogens is 324 g/mol. The maximum atomic E-state index is 12.0. The van der Waals surface area contributed by atoms with Gasteiger partial charge in [0.1, 0.15) is 0 Å². The van der Waals surface area contributed by atoms with Crippen LogP contribution in [0.15, 0.2) is 53.7 Å². The van der Waals surface area contributed by atoms with Gasteiger partial charge in [0.05, 0.1) is 10.1 Å². The van der Waals surface area contributed by atoms with Crippen LogP contribution in [0.5, 0.6) is 0 Å². The number of sulfone groups is 1. The second kappa shape index (κ2) is 7.38. The van der Waals surface area contributed by atoms with Crippen molar-refractivity contribution in [2.75, 3.05) is 5.32 Å². The van der Waals surface area contributed by atoms with Crippen molar-refractivity contribution in [1.29, 1.82) is 0 Å². The standard InChI is InChI=1S/C15H16N2O3S.ClH/c1-11(2)21(19,20)14-5-3-13(4-6-14)17-15(18)12-7-9-16-10-8-12;/h3-11H,1-2H3,(H,17,18);1H. The van der Waals surface area contributed by atoms with Gasteiger partial charge in [0.2, 0.25) is 0 Å². The molecular formula is C15H17ClN2O3S. The van der Waals surface area contributed by atoms with E-state index in [4.69, 9.17) is 0 Å². The van der Waals surface area contributed by atoms with Crippen molar-refractivity contribution in [3.63, 3.8) is 0 Å². The topological polar surface area (TPSA) is 76.1 Å². The summed E-state index contributed by atoms with van der Waals surface area (Å²) in [4.78, 5) is 16.0. The van der Waals surface area contributed by atoms with Gasteiger partial charge >= 0.3 is 0 Å². The number of hydrogen-bond donors (Lipinski definition) is 1. The molecule has 0 radical (unpaired) electrons. The second-order valence-electron chi connectivity index (χ2n) is 4.81. The van der Waals surface area contributed by atoms with E-state index in [1.807, 2.05) is 0 Å². The zero-order chi connectivity index (χ0) is 15.5. The lowest BCUT2D eigenvalue weighted by molar-refractivity contribution is 0.102. The zero-order valence-electron chi connectivity index (χ0n) is 12.2. The number of carbonyl (C=O) groups is 1. The summed E-state index contributed by atoms with van der Waals surface area (Å²) in [6.07, 6.45) is 3.07. The van der Waals surface area contributed by atoms with Crippen LogP contribution in [0.4, 0.5) is 5.69 Å². The van der Waals surface area contributed by atoms with Gasteiger partial charge in [-0.15, -0.1) is 12.4 Å². The number of benzene rings is 1. The summed E-state index contributed by atoms with van der Waals surface area (Å²) < 4.78 is 24.0. The van der Waals surface area contributed by atoms with E-state index in [2.05, 4.69) is 10.3 Å². The van der Waals surface area contributed by atoms with Gasteiger partial charge in [-0.25, -0.2) is 8.42 Å². The lowest BCUT2D eigenvalue weighted by Crippen LogP contribution is -2.14. The molecule has 5 nitrogen and oxygen atoms in total. The van der Waals surface area contributed by atoms with Gasteiger partial charge in [0.15, 0.2) is 9.84 Å². The van der Waals surface area contributed by atoms with E-state index in [0.29, 0.717) is 11.3 Å². The predicted molar refractivity (Wildman–Crippen MR) is 88.2 cm³/mol. The minimum Gasteiger partial charge on any atom is -0.322 e. The number of nitrogens with one attached hydrogen (secondary N) is 1. The largest absolute Gasteiger partial charge is 0.322 e. The third-order valence-electron chi connectivity index (χ3n) is 3.00. The summed E-state index contributed by atoms with van der Waals surface area (Å²) in [5, 5.41) is 2.23. The predicted octanol–water partition coefficient (Wildman–Crippen LogP) is 2.94. The summed E-state index contributed by atoms with van der Waals surface area (Å²) >= 11 is 0. The Balaban J connectivity index is 0.00000242. The van der Waals surface area contributed by atoms with Crippen molar-refractivity contribution in [2.24, 2.45) is 0 Å². The molecule has 0 aliphatic carbocycles. The molecule has 1 amide bonds. The number of hydrogen-bond acceptors (Lipinski definition) is 4. The molecule has 0 unspecified atom stereocenters. The van der Waals surface area contributed by atoms with E-state index in [9.17, 15) is 13.2 Å². The highest BCUT2D eigenvalue weighted by Crippen LogP contribution is 2.18. The quantitative estimate of drug-likeness (QED) is 0.928. The summed E-state index contributed by atoms with van der Waals surface area (Å²) in [5.41, 5.74) is 1.03. The fourth-order valence-corrected chi connectivity index (χ4v) is 2.77. The van der Waals surface area contributed by atoms with Crippen LogP contribution in [0.25, 0.3) is 0 Å². The summed E-state index contributed by atoms with van der Waals surface area (Å²) in [7, 11) is -3.30. The molecule has 0 saturated carbocycles. The van der Waals surface area contributed by atoms with Crippen LogP contribution < -0.4 is 5.32 Å². The molecule has 118 valence electrons. The minimum atomic E-state index is -3.30. The van der Waals surface area contributed by atoms with Crippen molar-refractivity contribution in [2.45, 2.75) is 24.0 Å². The lowest BCUT2D eigenvalue weighted by Gasteiger charge is -2.09. The molecule has 0 aliphatic rings. The number of halogens is 1. The van der Waals surface area contributed by atoms with E-state index in [1.54, 1.807) is 38.1 Å². The number of pyridine rings is 1. The van der Waals surface area contributed by atoms with Crippen molar-refractivity contribution in [1.82, 2.24) is 4.98 Å². The third kappa shape index (κ3) is 4.05. The number of aromatic nitrogens is 1. The Morgan fingerprint density at radius 2 is 1.59 bits per heavy atom. The first-order valence-corrected chi connectivity index (χ1v) is 8.01. The Labute approximate surface area is 136 Å². The number of anilines is 1. The van der Waals surface area contributed by atoms with Crippen LogP contribution in [0.1, 0.15) is 24.2 Å². The minimum absolute atomic E-state index is 0. The maximum absolute atomic E-state index is 12.0. The first-order valence-electron chi connectivity index (χ1n) is 6.46. The van der Waals surface area contributed by atoms with Gasteiger partial charge in [-0.3, -0.25) is 9.78 Å². The molecule has 0 bridgehead atoms. The smallest absolute Gasteiger partial charge is 0.255 e. The number of nitrogens with zero attached hydrogens (tertiary/aromatic N) is 1. The first-order chi connectivity index (χ1) is 9.91. The van der Waals surface area contributed by atoms with Crippen LogP contribution in [0, 0.1) is 0 Å². The molecule has 0 spiro atoms.